The number of benzene rings is 2. The minimum absolute atomic E-state index is 0.717. The number of hydrogen-bond acceptors (Lipinski definition) is 1. The Morgan fingerprint density at radius 1 is 0.737 bits per heavy atom. The normalized spacial score (nSPS) is 10.6. The molecule has 1 heterocycles. The van der Waals surface area contributed by atoms with Gasteiger partial charge in [0.1, 0.15) is 0 Å². The fourth-order valence-corrected chi connectivity index (χ4v) is 2.10. The average molecular weight is 289 g/mol. The molecule has 0 saturated heterocycles. The first-order chi connectivity index (χ1) is 9.22. The first-order valence-electron chi connectivity index (χ1n) is 5.79. The summed E-state index contributed by atoms with van der Waals surface area (Å²) in [7, 11) is 0. The Morgan fingerprint density at radius 3 is 1.95 bits per heavy atom. The van der Waals surface area contributed by atoms with E-state index in [1.54, 1.807) is 0 Å². The van der Waals surface area contributed by atoms with Crippen LogP contribution in [0.1, 0.15) is 0 Å². The van der Waals surface area contributed by atoms with E-state index in [-0.39, 0.29) is 0 Å². The SMILES string of the molecule is Clc1ccc(-c2cnn(-c3ccc(Cl)cc3)c2)cc1. The zero-order valence-corrected chi connectivity index (χ0v) is 11.4. The van der Waals surface area contributed by atoms with Crippen LogP contribution in [0.5, 0.6) is 0 Å². The van der Waals surface area contributed by atoms with Crippen LogP contribution in [0.3, 0.4) is 0 Å². The third-order valence-electron chi connectivity index (χ3n) is 2.85. The molecule has 0 unspecified atom stereocenters. The van der Waals surface area contributed by atoms with E-state index in [0.29, 0.717) is 5.02 Å². The summed E-state index contributed by atoms with van der Waals surface area (Å²) in [6.45, 7) is 0. The van der Waals surface area contributed by atoms with E-state index in [4.69, 9.17) is 23.2 Å². The van der Waals surface area contributed by atoms with Crippen molar-refractivity contribution >= 4 is 23.2 Å². The lowest BCUT2D eigenvalue weighted by Gasteiger charge is -2.00. The molecule has 3 rings (SSSR count). The zero-order valence-electron chi connectivity index (χ0n) is 9.92. The topological polar surface area (TPSA) is 17.8 Å². The molecule has 2 aromatic carbocycles. The molecule has 1 aromatic heterocycles. The highest BCUT2D eigenvalue weighted by atomic mass is 35.5. The second-order valence-electron chi connectivity index (χ2n) is 4.16. The van der Waals surface area contributed by atoms with Crippen LogP contribution in [0.25, 0.3) is 16.8 Å². The summed E-state index contributed by atoms with van der Waals surface area (Å²) in [5.74, 6) is 0. The van der Waals surface area contributed by atoms with Gasteiger partial charge in [0, 0.05) is 21.8 Å². The Hall–Kier alpha value is -1.77. The number of nitrogens with zero attached hydrogens (tertiary/aromatic N) is 2. The van der Waals surface area contributed by atoms with E-state index in [1.165, 1.54) is 0 Å². The molecular formula is C15H10Cl2N2. The van der Waals surface area contributed by atoms with Gasteiger partial charge in [-0.15, -0.1) is 0 Å². The lowest BCUT2D eigenvalue weighted by molar-refractivity contribution is 0.881. The monoisotopic (exact) mass is 288 g/mol. The van der Waals surface area contributed by atoms with Crippen LogP contribution >= 0.6 is 23.2 Å². The third-order valence-corrected chi connectivity index (χ3v) is 3.36. The summed E-state index contributed by atoms with van der Waals surface area (Å²) in [4.78, 5) is 0. The van der Waals surface area contributed by atoms with Gasteiger partial charge in [-0.1, -0.05) is 35.3 Å². The van der Waals surface area contributed by atoms with E-state index in [2.05, 4.69) is 5.10 Å². The predicted molar refractivity (Wildman–Crippen MR) is 79.0 cm³/mol. The zero-order chi connectivity index (χ0) is 13.2. The summed E-state index contributed by atoms with van der Waals surface area (Å²) in [6.07, 6.45) is 3.81. The summed E-state index contributed by atoms with van der Waals surface area (Å²) in [5.41, 5.74) is 3.11. The van der Waals surface area contributed by atoms with Crippen LogP contribution in [0.4, 0.5) is 0 Å². The van der Waals surface area contributed by atoms with Gasteiger partial charge in [-0.25, -0.2) is 4.68 Å². The first kappa shape index (κ1) is 12.3. The molecule has 19 heavy (non-hydrogen) atoms. The average Bonchev–Trinajstić information content (AvgIpc) is 2.90. The van der Waals surface area contributed by atoms with Crippen molar-refractivity contribution in [2.24, 2.45) is 0 Å². The maximum atomic E-state index is 5.88. The van der Waals surface area contributed by atoms with Crippen molar-refractivity contribution in [2.45, 2.75) is 0 Å². The van der Waals surface area contributed by atoms with Gasteiger partial charge < -0.3 is 0 Å². The molecule has 0 bridgehead atoms. The van der Waals surface area contributed by atoms with Crippen LogP contribution in [0.2, 0.25) is 10.0 Å². The summed E-state index contributed by atoms with van der Waals surface area (Å²) in [6, 6.07) is 15.3. The van der Waals surface area contributed by atoms with Gasteiger partial charge in [0.25, 0.3) is 0 Å². The van der Waals surface area contributed by atoms with E-state index >= 15 is 0 Å². The van der Waals surface area contributed by atoms with Crippen molar-refractivity contribution in [3.63, 3.8) is 0 Å². The van der Waals surface area contributed by atoms with E-state index < -0.39 is 0 Å². The summed E-state index contributed by atoms with van der Waals surface area (Å²) < 4.78 is 1.82. The third kappa shape index (κ3) is 2.65. The van der Waals surface area contributed by atoms with Crippen molar-refractivity contribution in [3.05, 3.63) is 71.0 Å². The molecule has 94 valence electrons. The molecule has 0 spiro atoms. The fourth-order valence-electron chi connectivity index (χ4n) is 1.85. The molecule has 0 aliphatic rings. The molecule has 0 aliphatic heterocycles. The molecule has 0 aliphatic carbocycles. The Morgan fingerprint density at radius 2 is 1.32 bits per heavy atom. The second-order valence-corrected chi connectivity index (χ2v) is 5.03. The molecule has 0 fully saturated rings. The Bertz CT molecular complexity index is 625. The van der Waals surface area contributed by atoms with Crippen LogP contribution in [-0.2, 0) is 0 Å². The Labute approximate surface area is 121 Å². The molecule has 3 aromatic rings. The minimum Gasteiger partial charge on any atom is -0.240 e. The number of halogens is 2. The fraction of sp³-hybridized carbons (Fsp3) is 0. The summed E-state index contributed by atoms with van der Waals surface area (Å²) in [5, 5.41) is 5.80. The number of hydrogen-bond donors (Lipinski definition) is 0. The molecule has 4 heteroatoms. The van der Waals surface area contributed by atoms with Gasteiger partial charge >= 0.3 is 0 Å². The van der Waals surface area contributed by atoms with Crippen molar-refractivity contribution in [3.8, 4) is 16.8 Å². The quantitative estimate of drug-likeness (QED) is 0.659. The maximum Gasteiger partial charge on any atom is 0.0646 e. The van der Waals surface area contributed by atoms with Crippen molar-refractivity contribution < 1.29 is 0 Å². The van der Waals surface area contributed by atoms with Gasteiger partial charge in [-0.05, 0) is 42.0 Å². The Balaban J connectivity index is 1.95. The van der Waals surface area contributed by atoms with Crippen LogP contribution in [0.15, 0.2) is 60.9 Å². The highest BCUT2D eigenvalue weighted by molar-refractivity contribution is 6.30. The molecule has 0 amide bonds. The molecule has 0 radical (unpaired) electrons. The van der Waals surface area contributed by atoms with E-state index in [1.807, 2.05) is 65.6 Å². The highest BCUT2D eigenvalue weighted by Gasteiger charge is 2.03. The van der Waals surface area contributed by atoms with Crippen molar-refractivity contribution in [1.82, 2.24) is 9.78 Å². The maximum absolute atomic E-state index is 5.88. The minimum atomic E-state index is 0.717. The van der Waals surface area contributed by atoms with Gasteiger partial charge in [-0.3, -0.25) is 0 Å². The van der Waals surface area contributed by atoms with Gasteiger partial charge in [0.2, 0.25) is 0 Å². The van der Waals surface area contributed by atoms with E-state index in [9.17, 15) is 0 Å². The largest absolute Gasteiger partial charge is 0.240 e. The van der Waals surface area contributed by atoms with Gasteiger partial charge in [0.05, 0.1) is 11.9 Å². The standard InChI is InChI=1S/C15H10Cl2N2/c16-13-3-1-11(2-4-13)12-9-18-19(10-12)15-7-5-14(17)6-8-15/h1-10H. The molecular weight excluding hydrogens is 279 g/mol. The lowest BCUT2D eigenvalue weighted by atomic mass is 10.1. The molecule has 0 saturated carbocycles. The second kappa shape index (κ2) is 5.08. The highest BCUT2D eigenvalue weighted by Crippen LogP contribution is 2.22. The predicted octanol–water partition coefficient (Wildman–Crippen LogP) is 4.85. The lowest BCUT2D eigenvalue weighted by Crippen LogP contribution is -1.92. The van der Waals surface area contributed by atoms with Crippen molar-refractivity contribution in [2.75, 3.05) is 0 Å². The number of rotatable bonds is 2. The van der Waals surface area contributed by atoms with Crippen LogP contribution < -0.4 is 0 Å². The number of aromatic nitrogens is 2. The van der Waals surface area contributed by atoms with Crippen LogP contribution in [0, 0.1) is 0 Å². The summed E-state index contributed by atoms with van der Waals surface area (Å²) >= 11 is 11.8. The first-order valence-corrected chi connectivity index (χ1v) is 6.54. The van der Waals surface area contributed by atoms with E-state index in [0.717, 1.165) is 21.8 Å². The molecule has 2 nitrogen and oxygen atoms in total. The van der Waals surface area contributed by atoms with Gasteiger partial charge in [-0.2, -0.15) is 5.10 Å². The smallest absolute Gasteiger partial charge is 0.0646 e. The molecule has 0 N–H and O–H groups in total. The Kier molecular flexibility index (Phi) is 3.28. The molecule has 0 atom stereocenters. The van der Waals surface area contributed by atoms with Crippen molar-refractivity contribution in [1.29, 1.82) is 0 Å². The van der Waals surface area contributed by atoms with Crippen LogP contribution in [-0.4, -0.2) is 9.78 Å². The van der Waals surface area contributed by atoms with Gasteiger partial charge in [0.15, 0.2) is 0 Å².